The van der Waals surface area contributed by atoms with Crippen molar-refractivity contribution < 1.29 is 9.18 Å². The van der Waals surface area contributed by atoms with Crippen LogP contribution in [-0.4, -0.2) is 48.0 Å². The molecule has 2 aliphatic rings. The number of nitrogens with zero attached hydrogens (tertiary/aromatic N) is 3. The van der Waals surface area contributed by atoms with Crippen LogP contribution in [0.5, 0.6) is 0 Å². The van der Waals surface area contributed by atoms with Crippen LogP contribution in [0.15, 0.2) is 42.6 Å². The number of pyridine rings is 1. The molecule has 1 aromatic heterocycles. The lowest BCUT2D eigenvalue weighted by molar-refractivity contribution is 0.102. The molecule has 1 aliphatic heterocycles. The van der Waals surface area contributed by atoms with E-state index in [9.17, 15) is 9.18 Å². The molecule has 1 aromatic carbocycles. The smallest absolute Gasteiger partial charge is 0.256 e. The molecule has 1 saturated heterocycles. The first kappa shape index (κ1) is 17.9. The summed E-state index contributed by atoms with van der Waals surface area (Å²) in [6.07, 6.45) is 7.14. The van der Waals surface area contributed by atoms with Gasteiger partial charge in [0.1, 0.15) is 11.6 Å². The highest BCUT2D eigenvalue weighted by molar-refractivity contribution is 6.03. The van der Waals surface area contributed by atoms with E-state index < -0.39 is 0 Å². The maximum absolute atomic E-state index is 13.0. The molecule has 2 aromatic rings. The molecule has 0 atom stereocenters. The number of anilines is 2. The molecule has 1 N–H and O–H groups in total. The molecule has 0 spiro atoms. The van der Waals surface area contributed by atoms with Gasteiger partial charge in [-0.3, -0.25) is 9.69 Å². The zero-order chi connectivity index (χ0) is 18.6. The number of carbonyl (C=O) groups excluding carboxylic acids is 1. The number of piperazine rings is 1. The molecular weight excluding hydrogens is 343 g/mol. The highest BCUT2D eigenvalue weighted by Crippen LogP contribution is 2.26. The Morgan fingerprint density at radius 3 is 2.44 bits per heavy atom. The van der Waals surface area contributed by atoms with Gasteiger partial charge in [-0.05, 0) is 43.2 Å². The normalized spacial score (nSPS) is 18.6. The van der Waals surface area contributed by atoms with Crippen molar-refractivity contribution in [1.82, 2.24) is 9.88 Å². The number of hydrogen-bond donors (Lipinski definition) is 1. The number of halogens is 1. The zero-order valence-electron chi connectivity index (χ0n) is 15.4. The first-order valence-corrected chi connectivity index (χ1v) is 9.71. The molecule has 142 valence electrons. The third-order valence-corrected chi connectivity index (χ3v) is 5.61. The fraction of sp³-hybridized carbons (Fsp3) is 0.429. The van der Waals surface area contributed by atoms with Crippen LogP contribution in [0, 0.1) is 5.82 Å². The van der Waals surface area contributed by atoms with E-state index in [1.807, 2.05) is 12.1 Å². The van der Waals surface area contributed by atoms with Gasteiger partial charge in [0.15, 0.2) is 0 Å². The number of rotatable bonds is 4. The number of carbonyl (C=O) groups is 1. The van der Waals surface area contributed by atoms with Gasteiger partial charge in [-0.15, -0.1) is 0 Å². The number of amides is 1. The van der Waals surface area contributed by atoms with E-state index in [0.717, 1.165) is 37.9 Å². The largest absolute Gasteiger partial charge is 0.369 e. The lowest BCUT2D eigenvalue weighted by Crippen LogP contribution is -2.49. The van der Waals surface area contributed by atoms with E-state index >= 15 is 0 Å². The second-order valence-corrected chi connectivity index (χ2v) is 7.32. The lowest BCUT2D eigenvalue weighted by Gasteiger charge is -2.39. The number of nitrogens with one attached hydrogen (secondary N) is 1. The summed E-state index contributed by atoms with van der Waals surface area (Å²) in [5.41, 5.74) is 1.49. The maximum Gasteiger partial charge on any atom is 0.256 e. The Balaban J connectivity index is 1.37. The Morgan fingerprint density at radius 2 is 1.74 bits per heavy atom. The summed E-state index contributed by atoms with van der Waals surface area (Å²) in [7, 11) is 0. The van der Waals surface area contributed by atoms with E-state index in [1.165, 1.54) is 49.9 Å². The molecule has 6 heteroatoms. The van der Waals surface area contributed by atoms with Gasteiger partial charge in [0, 0.05) is 55.7 Å². The zero-order valence-corrected chi connectivity index (χ0v) is 15.4. The summed E-state index contributed by atoms with van der Waals surface area (Å²) in [5.74, 6) is -0.130. The number of benzene rings is 1. The first-order chi connectivity index (χ1) is 13.2. The second-order valence-electron chi connectivity index (χ2n) is 7.32. The predicted octanol–water partition coefficient (Wildman–Crippen LogP) is 3.54. The molecular formula is C21H25FN4O. The first-order valence-electron chi connectivity index (χ1n) is 9.71. The molecule has 27 heavy (non-hydrogen) atoms. The van der Waals surface area contributed by atoms with E-state index in [-0.39, 0.29) is 11.7 Å². The predicted molar refractivity (Wildman–Crippen MR) is 105 cm³/mol. The van der Waals surface area contributed by atoms with Gasteiger partial charge >= 0.3 is 0 Å². The molecule has 5 nitrogen and oxygen atoms in total. The fourth-order valence-electron chi connectivity index (χ4n) is 4.09. The topological polar surface area (TPSA) is 48.5 Å². The Kier molecular flexibility index (Phi) is 5.34. The summed E-state index contributed by atoms with van der Waals surface area (Å²) < 4.78 is 13.0. The fourth-order valence-corrected chi connectivity index (χ4v) is 4.09. The molecule has 1 amide bonds. The van der Waals surface area contributed by atoms with E-state index in [1.54, 1.807) is 6.20 Å². The van der Waals surface area contributed by atoms with Crippen molar-refractivity contribution in [2.45, 2.75) is 31.7 Å². The standard InChI is InChI=1S/C21H25FN4O/c22-17-7-5-16(6-8-17)21(27)24-20-15-19(9-10-23-20)26-13-11-25(12-14-26)18-3-1-2-4-18/h5-10,15,18H,1-4,11-14H2,(H,23,24,27). The van der Waals surface area contributed by atoms with Crippen LogP contribution in [0.25, 0.3) is 0 Å². The summed E-state index contributed by atoms with van der Waals surface area (Å²) in [5, 5.41) is 2.80. The van der Waals surface area contributed by atoms with Crippen LogP contribution >= 0.6 is 0 Å². The van der Waals surface area contributed by atoms with Crippen LogP contribution in [0.3, 0.4) is 0 Å². The minimum absolute atomic E-state index is 0.286. The van der Waals surface area contributed by atoms with Gasteiger partial charge in [0.05, 0.1) is 0 Å². The quantitative estimate of drug-likeness (QED) is 0.897. The molecule has 1 aliphatic carbocycles. The maximum atomic E-state index is 13.0. The SMILES string of the molecule is O=C(Nc1cc(N2CCN(C3CCCC3)CC2)ccn1)c1ccc(F)cc1. The summed E-state index contributed by atoms with van der Waals surface area (Å²) in [6, 6.07) is 10.2. The van der Waals surface area contributed by atoms with Crippen LogP contribution in [0.1, 0.15) is 36.0 Å². The van der Waals surface area contributed by atoms with Gasteiger partial charge in [-0.1, -0.05) is 12.8 Å². The highest BCUT2D eigenvalue weighted by Gasteiger charge is 2.26. The van der Waals surface area contributed by atoms with Crippen molar-refractivity contribution in [1.29, 1.82) is 0 Å². The van der Waals surface area contributed by atoms with Gasteiger partial charge < -0.3 is 10.2 Å². The number of hydrogen-bond acceptors (Lipinski definition) is 4. The van der Waals surface area contributed by atoms with Crippen LogP contribution < -0.4 is 10.2 Å². The third kappa shape index (κ3) is 4.27. The Labute approximate surface area is 159 Å². The minimum Gasteiger partial charge on any atom is -0.369 e. The van der Waals surface area contributed by atoms with Crippen molar-refractivity contribution >= 4 is 17.4 Å². The summed E-state index contributed by atoms with van der Waals surface area (Å²) in [6.45, 7) is 4.16. The highest BCUT2D eigenvalue weighted by atomic mass is 19.1. The van der Waals surface area contributed by atoms with Crippen LogP contribution in [0.4, 0.5) is 15.9 Å². The molecule has 2 fully saturated rings. The monoisotopic (exact) mass is 368 g/mol. The van der Waals surface area contributed by atoms with Crippen LogP contribution in [-0.2, 0) is 0 Å². The molecule has 0 bridgehead atoms. The summed E-state index contributed by atoms with van der Waals surface area (Å²) in [4.78, 5) is 21.5. The minimum atomic E-state index is -0.358. The molecule has 1 saturated carbocycles. The lowest BCUT2D eigenvalue weighted by atomic mass is 10.1. The Morgan fingerprint density at radius 1 is 1.04 bits per heavy atom. The van der Waals surface area contributed by atoms with Crippen molar-refractivity contribution in [2.75, 3.05) is 36.4 Å². The van der Waals surface area contributed by atoms with Crippen LogP contribution in [0.2, 0.25) is 0 Å². The van der Waals surface area contributed by atoms with E-state index in [0.29, 0.717) is 11.4 Å². The van der Waals surface area contributed by atoms with Gasteiger partial charge in [0.25, 0.3) is 5.91 Å². The van der Waals surface area contributed by atoms with Gasteiger partial charge in [0.2, 0.25) is 0 Å². The van der Waals surface area contributed by atoms with E-state index in [2.05, 4.69) is 20.1 Å². The van der Waals surface area contributed by atoms with E-state index in [4.69, 9.17) is 0 Å². The Bertz CT molecular complexity index is 781. The Hall–Kier alpha value is -2.47. The van der Waals surface area contributed by atoms with Crippen molar-refractivity contribution in [3.8, 4) is 0 Å². The molecule has 2 heterocycles. The molecule has 0 radical (unpaired) electrons. The van der Waals surface area contributed by atoms with Gasteiger partial charge in [-0.2, -0.15) is 0 Å². The molecule has 0 unspecified atom stereocenters. The van der Waals surface area contributed by atoms with Crippen molar-refractivity contribution in [3.63, 3.8) is 0 Å². The van der Waals surface area contributed by atoms with Crippen molar-refractivity contribution in [3.05, 3.63) is 54.0 Å². The average molecular weight is 368 g/mol. The third-order valence-electron chi connectivity index (χ3n) is 5.61. The number of aromatic nitrogens is 1. The van der Waals surface area contributed by atoms with Crippen molar-refractivity contribution in [2.24, 2.45) is 0 Å². The van der Waals surface area contributed by atoms with Gasteiger partial charge in [-0.25, -0.2) is 9.37 Å². The second kappa shape index (κ2) is 8.05. The summed E-state index contributed by atoms with van der Waals surface area (Å²) >= 11 is 0. The molecule has 4 rings (SSSR count). The average Bonchev–Trinajstić information content (AvgIpc) is 3.24.